The van der Waals surface area contributed by atoms with Gasteiger partial charge in [-0.1, -0.05) is 23.7 Å². The van der Waals surface area contributed by atoms with Gasteiger partial charge in [0.1, 0.15) is 4.83 Å². The number of halogens is 1. The molecule has 0 aliphatic rings. The molecule has 114 valence electrons. The van der Waals surface area contributed by atoms with Crippen LogP contribution in [0.5, 0.6) is 0 Å². The van der Waals surface area contributed by atoms with Gasteiger partial charge in [0.2, 0.25) is 5.95 Å². The van der Waals surface area contributed by atoms with Gasteiger partial charge in [0.25, 0.3) is 0 Å². The molecule has 5 nitrogen and oxygen atoms in total. The molecule has 22 heavy (non-hydrogen) atoms. The number of anilines is 1. The Balaban J connectivity index is 0.000000545. The summed E-state index contributed by atoms with van der Waals surface area (Å²) in [5.41, 5.74) is 7.31. The molecular weight excluding hydrogens is 320 g/mol. The standard InChI is InChI=1S/C13H8ClN3OS.C2H7N/c14-8-3-1-7(2-4-8)11-10-5-9(6-18)19-12(10)17-13(15)16-11;1-3-2/h1-6H,(H2,15,16,17);3H,1-2H3. The van der Waals surface area contributed by atoms with Crippen LogP contribution in [-0.2, 0) is 0 Å². The molecule has 0 saturated heterocycles. The number of hydrogen-bond acceptors (Lipinski definition) is 6. The zero-order valence-corrected chi connectivity index (χ0v) is 13.7. The molecule has 0 saturated carbocycles. The molecule has 0 amide bonds. The number of rotatable bonds is 2. The Hall–Kier alpha value is -2.02. The molecule has 1 aromatic carbocycles. The molecule has 0 radical (unpaired) electrons. The summed E-state index contributed by atoms with van der Waals surface area (Å²) in [6, 6.07) is 9.07. The first-order valence-electron chi connectivity index (χ1n) is 6.45. The van der Waals surface area contributed by atoms with Crippen molar-refractivity contribution in [3.8, 4) is 11.3 Å². The van der Waals surface area contributed by atoms with E-state index in [4.69, 9.17) is 17.3 Å². The summed E-state index contributed by atoms with van der Waals surface area (Å²) < 4.78 is 0. The maximum absolute atomic E-state index is 10.9. The average Bonchev–Trinajstić information content (AvgIpc) is 2.91. The molecule has 0 aliphatic heterocycles. The normalized spacial score (nSPS) is 10.1. The first-order valence-corrected chi connectivity index (χ1v) is 7.65. The number of carbonyl (C=O) groups excluding carboxylic acids is 1. The van der Waals surface area contributed by atoms with E-state index < -0.39 is 0 Å². The number of nitrogens with zero attached hydrogens (tertiary/aromatic N) is 2. The highest BCUT2D eigenvalue weighted by atomic mass is 35.5. The van der Waals surface area contributed by atoms with Crippen molar-refractivity contribution in [2.45, 2.75) is 0 Å². The minimum Gasteiger partial charge on any atom is -0.368 e. The van der Waals surface area contributed by atoms with Gasteiger partial charge in [-0.25, -0.2) is 9.97 Å². The molecule has 0 aliphatic carbocycles. The number of hydrogen-bond donors (Lipinski definition) is 2. The van der Waals surface area contributed by atoms with E-state index in [-0.39, 0.29) is 5.95 Å². The van der Waals surface area contributed by atoms with Gasteiger partial charge in [0.05, 0.1) is 10.6 Å². The van der Waals surface area contributed by atoms with Crippen LogP contribution in [0.15, 0.2) is 30.3 Å². The SMILES string of the molecule is CNC.Nc1nc(-c2ccc(Cl)cc2)c2cc(C=O)sc2n1. The summed E-state index contributed by atoms with van der Waals surface area (Å²) in [7, 11) is 3.75. The molecule has 3 rings (SSSR count). The number of benzene rings is 1. The summed E-state index contributed by atoms with van der Waals surface area (Å²) in [5.74, 6) is 0.191. The van der Waals surface area contributed by atoms with Crippen molar-refractivity contribution >= 4 is 45.4 Å². The van der Waals surface area contributed by atoms with Crippen molar-refractivity contribution in [2.24, 2.45) is 0 Å². The third-order valence-corrected chi connectivity index (χ3v) is 3.87. The van der Waals surface area contributed by atoms with Gasteiger partial charge in [-0.2, -0.15) is 0 Å². The van der Waals surface area contributed by atoms with Crippen LogP contribution >= 0.6 is 22.9 Å². The fraction of sp³-hybridized carbons (Fsp3) is 0.133. The second kappa shape index (κ2) is 7.31. The third-order valence-electron chi connectivity index (χ3n) is 2.66. The zero-order valence-electron chi connectivity index (χ0n) is 12.1. The van der Waals surface area contributed by atoms with E-state index in [2.05, 4.69) is 15.3 Å². The van der Waals surface area contributed by atoms with E-state index >= 15 is 0 Å². The Labute approximate surface area is 137 Å². The van der Waals surface area contributed by atoms with Gasteiger partial charge in [-0.05, 0) is 32.3 Å². The highest BCUT2D eigenvalue weighted by Gasteiger charge is 2.12. The second-order valence-corrected chi connectivity index (χ2v) is 5.92. The molecule has 2 aromatic heterocycles. The molecule has 3 N–H and O–H groups in total. The van der Waals surface area contributed by atoms with Gasteiger partial charge >= 0.3 is 0 Å². The highest BCUT2D eigenvalue weighted by Crippen LogP contribution is 2.32. The van der Waals surface area contributed by atoms with Crippen molar-refractivity contribution in [2.75, 3.05) is 19.8 Å². The van der Waals surface area contributed by atoms with Crippen molar-refractivity contribution in [1.29, 1.82) is 0 Å². The van der Waals surface area contributed by atoms with E-state index in [9.17, 15) is 4.79 Å². The van der Waals surface area contributed by atoms with Crippen LogP contribution in [0.1, 0.15) is 9.67 Å². The minimum absolute atomic E-state index is 0.191. The number of nitrogen functional groups attached to an aromatic ring is 1. The second-order valence-electron chi connectivity index (χ2n) is 4.42. The summed E-state index contributed by atoms with van der Waals surface area (Å²) in [6.07, 6.45) is 0.800. The Morgan fingerprint density at radius 1 is 1.23 bits per heavy atom. The predicted molar refractivity (Wildman–Crippen MR) is 92.6 cm³/mol. The van der Waals surface area contributed by atoms with E-state index in [1.54, 1.807) is 18.2 Å². The third kappa shape index (κ3) is 3.59. The molecule has 0 bridgehead atoms. The van der Waals surface area contributed by atoms with E-state index in [0.29, 0.717) is 20.4 Å². The molecule has 0 atom stereocenters. The maximum Gasteiger partial charge on any atom is 0.221 e. The largest absolute Gasteiger partial charge is 0.368 e. The van der Waals surface area contributed by atoms with Gasteiger partial charge in [-0.3, -0.25) is 4.79 Å². The van der Waals surface area contributed by atoms with Crippen molar-refractivity contribution in [1.82, 2.24) is 15.3 Å². The lowest BCUT2D eigenvalue weighted by atomic mass is 10.1. The monoisotopic (exact) mass is 334 g/mol. The molecule has 3 aromatic rings. The number of thiophene rings is 1. The van der Waals surface area contributed by atoms with Crippen molar-refractivity contribution in [3.05, 3.63) is 40.2 Å². The van der Waals surface area contributed by atoms with Crippen LogP contribution in [0, 0.1) is 0 Å². The lowest BCUT2D eigenvalue weighted by Gasteiger charge is -2.03. The predicted octanol–water partition coefficient (Wildman–Crippen LogP) is 3.24. The van der Waals surface area contributed by atoms with E-state index in [1.165, 1.54) is 11.3 Å². The smallest absolute Gasteiger partial charge is 0.221 e. The van der Waals surface area contributed by atoms with Gasteiger partial charge < -0.3 is 11.1 Å². The number of fused-ring (bicyclic) bond motifs is 1. The maximum atomic E-state index is 10.9. The number of nitrogens with two attached hydrogens (primary N) is 1. The van der Waals surface area contributed by atoms with Crippen LogP contribution in [0.2, 0.25) is 5.02 Å². The zero-order chi connectivity index (χ0) is 16.1. The average molecular weight is 335 g/mol. The quantitative estimate of drug-likeness (QED) is 0.703. The van der Waals surface area contributed by atoms with Crippen LogP contribution in [0.3, 0.4) is 0 Å². The van der Waals surface area contributed by atoms with Gasteiger partial charge in [0, 0.05) is 16.0 Å². The molecule has 2 heterocycles. The van der Waals surface area contributed by atoms with Crippen LogP contribution in [0.25, 0.3) is 21.5 Å². The number of aldehydes is 1. The Morgan fingerprint density at radius 2 is 1.86 bits per heavy atom. The Morgan fingerprint density at radius 3 is 2.45 bits per heavy atom. The van der Waals surface area contributed by atoms with Crippen LogP contribution < -0.4 is 11.1 Å². The summed E-state index contributed by atoms with van der Waals surface area (Å²) >= 11 is 7.17. The number of carbonyl (C=O) groups is 1. The fourth-order valence-electron chi connectivity index (χ4n) is 1.84. The Bertz CT molecular complexity index is 786. The molecule has 0 unspecified atom stereocenters. The minimum atomic E-state index is 0.191. The summed E-state index contributed by atoms with van der Waals surface area (Å²) in [5, 5.41) is 4.23. The highest BCUT2D eigenvalue weighted by molar-refractivity contribution is 7.20. The lowest BCUT2D eigenvalue weighted by molar-refractivity contribution is 0.112. The van der Waals surface area contributed by atoms with Crippen molar-refractivity contribution in [3.63, 3.8) is 0 Å². The number of aromatic nitrogens is 2. The summed E-state index contributed by atoms with van der Waals surface area (Å²) in [6.45, 7) is 0. The fourth-order valence-corrected chi connectivity index (χ4v) is 2.82. The van der Waals surface area contributed by atoms with Crippen molar-refractivity contribution < 1.29 is 4.79 Å². The first-order chi connectivity index (χ1) is 10.6. The van der Waals surface area contributed by atoms with E-state index in [0.717, 1.165) is 17.2 Å². The molecule has 7 heteroatoms. The van der Waals surface area contributed by atoms with Gasteiger partial charge in [-0.15, -0.1) is 11.3 Å². The molecule has 0 fully saturated rings. The Kier molecular flexibility index (Phi) is 5.43. The van der Waals surface area contributed by atoms with Gasteiger partial charge in [0.15, 0.2) is 6.29 Å². The van der Waals surface area contributed by atoms with Crippen LogP contribution in [-0.4, -0.2) is 30.3 Å². The molecular formula is C15H15ClN4OS. The van der Waals surface area contributed by atoms with E-state index in [1.807, 2.05) is 26.2 Å². The van der Waals surface area contributed by atoms with Crippen LogP contribution in [0.4, 0.5) is 5.95 Å². The summed E-state index contributed by atoms with van der Waals surface area (Å²) in [4.78, 5) is 20.6. The topological polar surface area (TPSA) is 80.9 Å². The lowest BCUT2D eigenvalue weighted by Crippen LogP contribution is -1.96. The molecule has 0 spiro atoms. The number of nitrogens with one attached hydrogen (secondary N) is 1. The first kappa shape index (κ1) is 16.4.